The predicted molar refractivity (Wildman–Crippen MR) is 63.9 cm³/mol. The van der Waals surface area contributed by atoms with E-state index in [0.717, 1.165) is 12.2 Å². The highest BCUT2D eigenvalue weighted by atomic mass is 32.2. The van der Waals surface area contributed by atoms with Gasteiger partial charge < -0.3 is 5.32 Å². The van der Waals surface area contributed by atoms with Crippen LogP contribution >= 0.6 is 11.8 Å². The van der Waals surface area contributed by atoms with Crippen molar-refractivity contribution in [1.82, 2.24) is 15.3 Å². The van der Waals surface area contributed by atoms with Crippen LogP contribution in [-0.4, -0.2) is 27.5 Å². The fraction of sp³-hybridized carbons (Fsp3) is 0.636. The molecule has 1 atom stereocenters. The van der Waals surface area contributed by atoms with E-state index in [1.165, 1.54) is 12.8 Å². The normalized spacial score (nSPS) is 19.9. The number of nitrogens with one attached hydrogen (secondary N) is 1. The van der Waals surface area contributed by atoms with Gasteiger partial charge in [-0.3, -0.25) is 9.97 Å². The van der Waals surface area contributed by atoms with Gasteiger partial charge in [0.1, 0.15) is 0 Å². The van der Waals surface area contributed by atoms with E-state index in [4.69, 9.17) is 0 Å². The van der Waals surface area contributed by atoms with Crippen LogP contribution in [0.1, 0.15) is 31.5 Å². The summed E-state index contributed by atoms with van der Waals surface area (Å²) in [5.41, 5.74) is 1.02. The minimum atomic E-state index is 0.295. The second-order valence-electron chi connectivity index (χ2n) is 4.12. The number of thioether (sulfide) groups is 1. The third-order valence-corrected chi connectivity index (χ3v) is 4.42. The van der Waals surface area contributed by atoms with Gasteiger partial charge in [0.2, 0.25) is 0 Å². The lowest BCUT2D eigenvalue weighted by Crippen LogP contribution is -2.28. The second-order valence-corrected chi connectivity index (χ2v) is 5.39. The first-order valence-electron chi connectivity index (χ1n) is 5.30. The zero-order chi connectivity index (χ0) is 10.7. The van der Waals surface area contributed by atoms with Gasteiger partial charge in [0, 0.05) is 35.9 Å². The van der Waals surface area contributed by atoms with Gasteiger partial charge in [-0.15, -0.1) is 0 Å². The molecule has 3 nitrogen and oxygen atoms in total. The lowest BCUT2D eigenvalue weighted by atomic mass is 10.2. The van der Waals surface area contributed by atoms with Crippen LogP contribution in [0, 0.1) is 0 Å². The van der Waals surface area contributed by atoms with Gasteiger partial charge in [0.25, 0.3) is 0 Å². The Kier molecular flexibility index (Phi) is 3.26. The first-order valence-corrected chi connectivity index (χ1v) is 6.53. The van der Waals surface area contributed by atoms with Crippen molar-refractivity contribution in [3.8, 4) is 0 Å². The molecule has 15 heavy (non-hydrogen) atoms. The molecule has 0 radical (unpaired) electrons. The molecule has 82 valence electrons. The third kappa shape index (κ3) is 2.69. The summed E-state index contributed by atoms with van der Waals surface area (Å²) >= 11 is 1.98. The molecule has 0 aromatic carbocycles. The third-order valence-electron chi connectivity index (χ3n) is 3.00. The van der Waals surface area contributed by atoms with E-state index in [9.17, 15) is 0 Å². The van der Waals surface area contributed by atoms with Crippen LogP contribution < -0.4 is 5.32 Å². The quantitative estimate of drug-likeness (QED) is 0.829. The van der Waals surface area contributed by atoms with Crippen LogP contribution in [-0.2, 0) is 0 Å². The molecule has 1 N–H and O–H groups in total. The monoisotopic (exact) mass is 223 g/mol. The summed E-state index contributed by atoms with van der Waals surface area (Å²) in [4.78, 5) is 8.37. The highest BCUT2D eigenvalue weighted by Crippen LogP contribution is 2.46. The Morgan fingerprint density at radius 3 is 2.87 bits per heavy atom. The number of hydrogen-bond donors (Lipinski definition) is 1. The molecular weight excluding hydrogens is 206 g/mol. The topological polar surface area (TPSA) is 37.8 Å². The van der Waals surface area contributed by atoms with E-state index in [1.807, 2.05) is 18.0 Å². The molecule has 4 heteroatoms. The summed E-state index contributed by atoms with van der Waals surface area (Å²) < 4.78 is 0.510. The van der Waals surface area contributed by atoms with Crippen LogP contribution in [0.15, 0.2) is 18.6 Å². The lowest BCUT2D eigenvalue weighted by Gasteiger charge is -2.17. The number of aromatic nitrogens is 2. The molecule has 1 aliphatic carbocycles. The van der Waals surface area contributed by atoms with Gasteiger partial charge in [-0.05, 0) is 26.0 Å². The van der Waals surface area contributed by atoms with E-state index < -0.39 is 0 Å². The van der Waals surface area contributed by atoms with Gasteiger partial charge in [-0.25, -0.2) is 0 Å². The highest BCUT2D eigenvalue weighted by molar-refractivity contribution is 8.00. The van der Waals surface area contributed by atoms with Crippen LogP contribution in [0.4, 0.5) is 0 Å². The maximum Gasteiger partial charge on any atom is 0.0753 e. The summed E-state index contributed by atoms with van der Waals surface area (Å²) in [5, 5.41) is 3.53. The smallest absolute Gasteiger partial charge is 0.0753 e. The van der Waals surface area contributed by atoms with E-state index in [-0.39, 0.29) is 0 Å². The Bertz CT molecular complexity index is 311. The van der Waals surface area contributed by atoms with E-state index >= 15 is 0 Å². The molecule has 1 aromatic heterocycles. The molecule has 0 bridgehead atoms. The number of nitrogens with zero attached hydrogens (tertiary/aromatic N) is 2. The van der Waals surface area contributed by atoms with Gasteiger partial charge in [0.15, 0.2) is 0 Å². The lowest BCUT2D eigenvalue weighted by molar-refractivity contribution is 0.550. The average Bonchev–Trinajstić information content (AvgIpc) is 3.08. The minimum Gasteiger partial charge on any atom is -0.307 e. The van der Waals surface area contributed by atoms with Gasteiger partial charge in [-0.2, -0.15) is 11.8 Å². The van der Waals surface area contributed by atoms with Gasteiger partial charge in [0.05, 0.1) is 5.69 Å². The molecule has 1 fully saturated rings. The first-order chi connectivity index (χ1) is 7.26. The molecule has 1 unspecified atom stereocenters. The summed E-state index contributed by atoms with van der Waals surface area (Å²) in [6.45, 7) is 3.21. The van der Waals surface area contributed by atoms with Crippen molar-refractivity contribution in [3.05, 3.63) is 24.3 Å². The Morgan fingerprint density at radius 2 is 2.33 bits per heavy atom. The Morgan fingerprint density at radius 1 is 1.53 bits per heavy atom. The molecule has 1 heterocycles. The van der Waals surface area contributed by atoms with Crippen molar-refractivity contribution in [3.63, 3.8) is 0 Å². The zero-order valence-electron chi connectivity index (χ0n) is 9.23. The van der Waals surface area contributed by atoms with Crippen molar-refractivity contribution < 1.29 is 0 Å². The summed E-state index contributed by atoms with van der Waals surface area (Å²) in [7, 11) is 0. The predicted octanol–water partition coefficient (Wildman–Crippen LogP) is 2.02. The van der Waals surface area contributed by atoms with Crippen LogP contribution in [0.2, 0.25) is 0 Å². The molecule has 1 aromatic rings. The summed E-state index contributed by atoms with van der Waals surface area (Å²) in [6, 6.07) is 0.295. The Labute approximate surface area is 95.1 Å². The highest BCUT2D eigenvalue weighted by Gasteiger charge is 2.41. The molecule has 0 amide bonds. The zero-order valence-corrected chi connectivity index (χ0v) is 10.0. The minimum absolute atomic E-state index is 0.295. The standard InChI is InChI=1S/C11H17N3S/c1-9(10-7-12-5-6-13-10)14-8-11(15-2)3-4-11/h5-7,9,14H,3-4,8H2,1-2H3. The van der Waals surface area contributed by atoms with Gasteiger partial charge >= 0.3 is 0 Å². The SMILES string of the molecule is CSC1(CNC(C)c2cnccn2)CC1. The fourth-order valence-electron chi connectivity index (χ4n) is 1.57. The van der Waals surface area contributed by atoms with Crippen LogP contribution in [0.25, 0.3) is 0 Å². The fourth-order valence-corrected chi connectivity index (χ4v) is 2.31. The second kappa shape index (κ2) is 4.49. The summed E-state index contributed by atoms with van der Waals surface area (Å²) in [5.74, 6) is 0. The van der Waals surface area contributed by atoms with Crippen molar-refractivity contribution in [2.75, 3.05) is 12.8 Å². The van der Waals surface area contributed by atoms with Crippen LogP contribution in [0.3, 0.4) is 0 Å². The van der Waals surface area contributed by atoms with E-state index in [2.05, 4.69) is 28.5 Å². The largest absolute Gasteiger partial charge is 0.307 e. The molecule has 1 aliphatic rings. The molecule has 0 saturated heterocycles. The molecule has 1 saturated carbocycles. The number of hydrogen-bond acceptors (Lipinski definition) is 4. The van der Waals surface area contributed by atoms with Crippen molar-refractivity contribution >= 4 is 11.8 Å². The maximum atomic E-state index is 4.29. The molecule has 0 aliphatic heterocycles. The first kappa shape index (κ1) is 10.9. The Hall–Kier alpha value is -0.610. The van der Waals surface area contributed by atoms with Crippen molar-refractivity contribution in [1.29, 1.82) is 0 Å². The molecular formula is C11H17N3S. The van der Waals surface area contributed by atoms with Crippen LogP contribution in [0.5, 0.6) is 0 Å². The summed E-state index contributed by atoms with van der Waals surface area (Å²) in [6.07, 6.45) is 10.2. The molecule has 2 rings (SSSR count). The number of rotatable bonds is 5. The maximum absolute atomic E-state index is 4.29. The average molecular weight is 223 g/mol. The van der Waals surface area contributed by atoms with E-state index in [1.54, 1.807) is 12.4 Å². The van der Waals surface area contributed by atoms with Gasteiger partial charge in [-0.1, -0.05) is 0 Å². The van der Waals surface area contributed by atoms with E-state index in [0.29, 0.717) is 10.8 Å². The van der Waals surface area contributed by atoms with Crippen molar-refractivity contribution in [2.45, 2.75) is 30.6 Å². The Balaban J connectivity index is 1.85. The van der Waals surface area contributed by atoms with Crippen molar-refractivity contribution in [2.24, 2.45) is 0 Å². The molecule has 0 spiro atoms.